The second-order valence-corrected chi connectivity index (χ2v) is 4.77. The standard InChI is InChI=1S/C16H19N5O/c1-11(22)14-16(19-12(2)18)21(10-6-9-17)15(20-14)13-7-4-3-5-8-13/h3-8,10H,9,17H2,1-2H3,(H2,18,19). The van der Waals surface area contributed by atoms with Gasteiger partial charge in [0, 0.05) is 25.2 Å². The molecule has 0 bridgehead atoms. The third-order valence-corrected chi connectivity index (χ3v) is 2.92. The van der Waals surface area contributed by atoms with Gasteiger partial charge < -0.3 is 11.5 Å². The lowest BCUT2D eigenvalue weighted by Gasteiger charge is -2.05. The summed E-state index contributed by atoms with van der Waals surface area (Å²) >= 11 is 0. The number of carbonyl (C=O) groups excluding carboxylic acids is 1. The van der Waals surface area contributed by atoms with Gasteiger partial charge in [-0.3, -0.25) is 9.36 Å². The van der Waals surface area contributed by atoms with Crippen molar-refractivity contribution in [2.24, 2.45) is 16.5 Å². The Morgan fingerprint density at radius 3 is 2.55 bits per heavy atom. The number of nitrogens with zero attached hydrogens (tertiary/aromatic N) is 3. The number of carbonyl (C=O) groups is 1. The number of benzene rings is 1. The average molecular weight is 297 g/mol. The van der Waals surface area contributed by atoms with Crippen molar-refractivity contribution in [3.8, 4) is 11.4 Å². The predicted molar refractivity (Wildman–Crippen MR) is 89.0 cm³/mol. The molecule has 0 spiro atoms. The molecule has 6 heteroatoms. The van der Waals surface area contributed by atoms with E-state index in [2.05, 4.69) is 9.98 Å². The second kappa shape index (κ2) is 6.82. The summed E-state index contributed by atoms with van der Waals surface area (Å²) in [5, 5.41) is 0. The molecule has 0 unspecified atom stereocenters. The highest BCUT2D eigenvalue weighted by Crippen LogP contribution is 2.29. The molecule has 2 rings (SSSR count). The highest BCUT2D eigenvalue weighted by Gasteiger charge is 2.19. The molecular weight excluding hydrogens is 278 g/mol. The van der Waals surface area contributed by atoms with Gasteiger partial charge in [-0.1, -0.05) is 36.4 Å². The maximum absolute atomic E-state index is 11.9. The summed E-state index contributed by atoms with van der Waals surface area (Å²) in [6, 6.07) is 9.57. The third-order valence-electron chi connectivity index (χ3n) is 2.92. The molecule has 0 aliphatic carbocycles. The van der Waals surface area contributed by atoms with Gasteiger partial charge in [0.1, 0.15) is 5.82 Å². The van der Waals surface area contributed by atoms with Gasteiger partial charge in [0.25, 0.3) is 0 Å². The number of nitrogens with two attached hydrogens (primary N) is 2. The van der Waals surface area contributed by atoms with Crippen LogP contribution in [0, 0.1) is 0 Å². The molecule has 22 heavy (non-hydrogen) atoms. The summed E-state index contributed by atoms with van der Waals surface area (Å²) in [6.45, 7) is 3.49. The van der Waals surface area contributed by atoms with Crippen LogP contribution in [-0.2, 0) is 0 Å². The number of ketones is 1. The van der Waals surface area contributed by atoms with Crippen molar-refractivity contribution in [1.29, 1.82) is 0 Å². The number of Topliss-reactive ketones (excluding diaryl/α,β-unsaturated/α-hetero) is 1. The van der Waals surface area contributed by atoms with Crippen LogP contribution in [0.1, 0.15) is 24.3 Å². The molecule has 1 heterocycles. The zero-order chi connectivity index (χ0) is 16.1. The first kappa shape index (κ1) is 15.7. The van der Waals surface area contributed by atoms with Crippen molar-refractivity contribution in [3.63, 3.8) is 0 Å². The molecule has 2 aromatic rings. The van der Waals surface area contributed by atoms with Gasteiger partial charge in [0.2, 0.25) is 0 Å². The first-order valence-corrected chi connectivity index (χ1v) is 6.90. The van der Waals surface area contributed by atoms with Gasteiger partial charge in [-0.25, -0.2) is 9.98 Å². The van der Waals surface area contributed by atoms with E-state index in [-0.39, 0.29) is 11.5 Å². The molecule has 1 aromatic heterocycles. The number of hydrogen-bond acceptors (Lipinski definition) is 4. The summed E-state index contributed by atoms with van der Waals surface area (Å²) in [4.78, 5) is 20.6. The fourth-order valence-electron chi connectivity index (χ4n) is 2.03. The fraction of sp³-hybridized carbons (Fsp3) is 0.188. The predicted octanol–water partition coefficient (Wildman–Crippen LogP) is 2.19. The Bertz CT molecular complexity index is 724. The van der Waals surface area contributed by atoms with E-state index in [9.17, 15) is 4.79 Å². The largest absolute Gasteiger partial charge is 0.387 e. The SMILES string of the molecule is CC(=O)c1nc(-c2ccccc2)n(C=CCN)c1/N=C(\C)N. The maximum Gasteiger partial charge on any atom is 0.182 e. The van der Waals surface area contributed by atoms with Crippen LogP contribution in [0.5, 0.6) is 0 Å². The first-order valence-electron chi connectivity index (χ1n) is 6.90. The minimum Gasteiger partial charge on any atom is -0.387 e. The zero-order valence-corrected chi connectivity index (χ0v) is 12.7. The number of rotatable bonds is 5. The number of amidine groups is 1. The van der Waals surface area contributed by atoms with E-state index in [0.717, 1.165) is 5.56 Å². The molecule has 0 radical (unpaired) electrons. The normalized spacial score (nSPS) is 12.0. The van der Waals surface area contributed by atoms with Gasteiger partial charge in [0.05, 0.1) is 5.84 Å². The second-order valence-electron chi connectivity index (χ2n) is 4.77. The summed E-state index contributed by atoms with van der Waals surface area (Å²) in [5.41, 5.74) is 12.4. The lowest BCUT2D eigenvalue weighted by Crippen LogP contribution is -2.06. The van der Waals surface area contributed by atoms with Gasteiger partial charge in [0.15, 0.2) is 17.3 Å². The van der Waals surface area contributed by atoms with Crippen LogP contribution >= 0.6 is 0 Å². The number of hydrogen-bond donors (Lipinski definition) is 2. The van der Waals surface area contributed by atoms with E-state index >= 15 is 0 Å². The molecular formula is C16H19N5O. The maximum atomic E-state index is 11.9. The summed E-state index contributed by atoms with van der Waals surface area (Å²) < 4.78 is 1.73. The molecule has 0 atom stereocenters. The zero-order valence-electron chi connectivity index (χ0n) is 12.7. The Morgan fingerprint density at radius 2 is 2.00 bits per heavy atom. The van der Waals surface area contributed by atoms with Crippen LogP contribution in [0.2, 0.25) is 0 Å². The Hall–Kier alpha value is -2.73. The lowest BCUT2D eigenvalue weighted by atomic mass is 10.2. The monoisotopic (exact) mass is 297 g/mol. The fourth-order valence-corrected chi connectivity index (χ4v) is 2.03. The van der Waals surface area contributed by atoms with Crippen molar-refractivity contribution < 1.29 is 4.79 Å². The molecule has 6 nitrogen and oxygen atoms in total. The molecule has 0 aliphatic rings. The number of imidazole rings is 1. The summed E-state index contributed by atoms with van der Waals surface area (Å²) in [5.74, 6) is 1.22. The molecule has 0 saturated carbocycles. The van der Waals surface area contributed by atoms with Crippen LogP contribution in [0.15, 0.2) is 41.4 Å². The summed E-state index contributed by atoms with van der Waals surface area (Å²) in [7, 11) is 0. The van der Waals surface area contributed by atoms with Crippen molar-refractivity contribution in [2.75, 3.05) is 6.54 Å². The van der Waals surface area contributed by atoms with E-state index in [1.165, 1.54) is 6.92 Å². The minimum absolute atomic E-state index is 0.169. The Balaban J connectivity index is 2.75. The van der Waals surface area contributed by atoms with E-state index < -0.39 is 0 Å². The molecule has 0 saturated heterocycles. The quantitative estimate of drug-likeness (QED) is 0.502. The van der Waals surface area contributed by atoms with Crippen molar-refractivity contribution in [3.05, 3.63) is 42.1 Å². The van der Waals surface area contributed by atoms with Crippen LogP contribution in [0.3, 0.4) is 0 Å². The van der Waals surface area contributed by atoms with E-state index in [1.807, 2.05) is 30.3 Å². The smallest absolute Gasteiger partial charge is 0.182 e. The van der Waals surface area contributed by atoms with Gasteiger partial charge >= 0.3 is 0 Å². The molecule has 114 valence electrons. The highest BCUT2D eigenvalue weighted by molar-refractivity contribution is 5.99. The van der Waals surface area contributed by atoms with Gasteiger partial charge in [-0.15, -0.1) is 0 Å². The van der Waals surface area contributed by atoms with Gasteiger partial charge in [-0.05, 0) is 6.92 Å². The van der Waals surface area contributed by atoms with Crippen LogP contribution in [0.25, 0.3) is 17.6 Å². The van der Waals surface area contributed by atoms with Crippen molar-refractivity contribution in [2.45, 2.75) is 13.8 Å². The van der Waals surface area contributed by atoms with E-state index in [0.29, 0.717) is 24.0 Å². The van der Waals surface area contributed by atoms with Crippen molar-refractivity contribution >= 4 is 23.6 Å². The van der Waals surface area contributed by atoms with E-state index in [4.69, 9.17) is 11.5 Å². The minimum atomic E-state index is -0.169. The number of aliphatic imine (C=N–C) groups is 1. The molecule has 0 amide bonds. The Morgan fingerprint density at radius 1 is 1.32 bits per heavy atom. The van der Waals surface area contributed by atoms with Crippen LogP contribution in [0.4, 0.5) is 5.82 Å². The third kappa shape index (κ3) is 3.29. The van der Waals surface area contributed by atoms with Crippen LogP contribution in [-0.4, -0.2) is 27.7 Å². The Kier molecular flexibility index (Phi) is 4.85. The molecule has 1 aromatic carbocycles. The molecule has 4 N–H and O–H groups in total. The highest BCUT2D eigenvalue weighted by atomic mass is 16.1. The molecule has 0 aliphatic heterocycles. The van der Waals surface area contributed by atoms with Crippen molar-refractivity contribution in [1.82, 2.24) is 9.55 Å². The lowest BCUT2D eigenvalue weighted by molar-refractivity contribution is 0.101. The summed E-state index contributed by atoms with van der Waals surface area (Å²) in [6.07, 6.45) is 3.52. The number of aromatic nitrogens is 2. The first-order chi connectivity index (χ1) is 10.5. The molecule has 0 fully saturated rings. The van der Waals surface area contributed by atoms with Crippen LogP contribution < -0.4 is 11.5 Å². The van der Waals surface area contributed by atoms with E-state index in [1.54, 1.807) is 23.8 Å². The Labute approximate surface area is 129 Å². The average Bonchev–Trinajstić information content (AvgIpc) is 2.84. The van der Waals surface area contributed by atoms with Gasteiger partial charge in [-0.2, -0.15) is 0 Å². The topological polar surface area (TPSA) is 99.3 Å².